The molecule has 0 amide bonds. The van der Waals surface area contributed by atoms with E-state index in [1.165, 1.54) is 0 Å². The fourth-order valence-electron chi connectivity index (χ4n) is 1.54. The van der Waals surface area contributed by atoms with Gasteiger partial charge in [-0.2, -0.15) is 15.0 Å². The highest BCUT2D eigenvalue weighted by molar-refractivity contribution is 6.35. The second-order valence-electron chi connectivity index (χ2n) is 4.02. The minimum atomic E-state index is 0.275. The zero-order chi connectivity index (χ0) is 14.5. The van der Waals surface area contributed by atoms with Gasteiger partial charge in [-0.25, -0.2) is 0 Å². The Hall–Kier alpha value is -1.59. The molecule has 0 unspecified atom stereocenters. The molecule has 0 aliphatic rings. The van der Waals surface area contributed by atoms with Crippen LogP contribution in [0.3, 0.4) is 0 Å². The van der Waals surface area contributed by atoms with Crippen molar-refractivity contribution >= 4 is 29.2 Å². The molecule has 2 aromatic rings. The van der Waals surface area contributed by atoms with E-state index in [9.17, 15) is 0 Å². The molecule has 0 radical (unpaired) electrons. The molecule has 20 heavy (non-hydrogen) atoms. The lowest BCUT2D eigenvalue weighted by Crippen LogP contribution is -2.06. The molecule has 1 aromatic carbocycles. The topological polar surface area (TPSA) is 59.9 Å². The molecule has 0 aliphatic carbocycles. The van der Waals surface area contributed by atoms with Crippen molar-refractivity contribution in [3.05, 3.63) is 28.2 Å². The molecule has 7 heteroatoms. The molecule has 0 saturated heterocycles. The van der Waals surface area contributed by atoms with Crippen molar-refractivity contribution in [3.63, 3.8) is 0 Å². The van der Waals surface area contributed by atoms with Crippen LogP contribution < -0.4 is 10.1 Å². The third-order valence-electron chi connectivity index (χ3n) is 2.39. The Morgan fingerprint density at radius 3 is 2.40 bits per heavy atom. The zero-order valence-electron chi connectivity index (χ0n) is 11.2. The Kier molecular flexibility index (Phi) is 4.98. The maximum Gasteiger partial charge on any atom is 0.321 e. The van der Waals surface area contributed by atoms with Crippen LogP contribution in [0, 0.1) is 0 Å². The molecular weight excluding hydrogens is 299 g/mol. The van der Waals surface area contributed by atoms with Gasteiger partial charge in [0.15, 0.2) is 5.82 Å². The Bertz CT molecular complexity index is 587. The summed E-state index contributed by atoms with van der Waals surface area (Å²) < 4.78 is 5.45. The zero-order valence-corrected chi connectivity index (χ0v) is 12.7. The van der Waals surface area contributed by atoms with Gasteiger partial charge in [-0.05, 0) is 24.6 Å². The quantitative estimate of drug-likeness (QED) is 0.912. The SMILES string of the molecule is CCCOc1nc(NC)nc(-c2cc(Cl)cc(Cl)c2)n1. The van der Waals surface area contributed by atoms with Gasteiger partial charge in [-0.3, -0.25) is 0 Å². The van der Waals surface area contributed by atoms with Crippen LogP contribution in [-0.4, -0.2) is 28.6 Å². The molecule has 106 valence electrons. The highest BCUT2D eigenvalue weighted by Gasteiger charge is 2.10. The van der Waals surface area contributed by atoms with Crippen molar-refractivity contribution in [2.24, 2.45) is 0 Å². The molecule has 0 fully saturated rings. The van der Waals surface area contributed by atoms with E-state index in [1.807, 2.05) is 6.92 Å². The van der Waals surface area contributed by atoms with E-state index in [2.05, 4.69) is 20.3 Å². The maximum atomic E-state index is 5.99. The van der Waals surface area contributed by atoms with Gasteiger partial charge in [-0.15, -0.1) is 0 Å². The third-order valence-corrected chi connectivity index (χ3v) is 2.83. The molecule has 2 rings (SSSR count). The lowest BCUT2D eigenvalue weighted by Gasteiger charge is -2.08. The van der Waals surface area contributed by atoms with Crippen LogP contribution in [0.4, 0.5) is 5.95 Å². The van der Waals surface area contributed by atoms with Crippen LogP contribution >= 0.6 is 23.2 Å². The second-order valence-corrected chi connectivity index (χ2v) is 4.89. The summed E-state index contributed by atoms with van der Waals surface area (Å²) in [6, 6.07) is 5.41. The van der Waals surface area contributed by atoms with Crippen LogP contribution in [0.1, 0.15) is 13.3 Å². The number of ether oxygens (including phenoxy) is 1. The predicted molar refractivity (Wildman–Crippen MR) is 80.6 cm³/mol. The summed E-state index contributed by atoms with van der Waals surface area (Å²) in [6.07, 6.45) is 0.874. The molecule has 0 saturated carbocycles. The number of nitrogens with one attached hydrogen (secondary N) is 1. The molecule has 1 aromatic heterocycles. The Balaban J connectivity index is 2.43. The molecular formula is C13H14Cl2N4O. The second kappa shape index (κ2) is 6.72. The predicted octanol–water partition coefficient (Wildman–Crippen LogP) is 3.68. The maximum absolute atomic E-state index is 5.99. The monoisotopic (exact) mass is 312 g/mol. The average Bonchev–Trinajstić information content (AvgIpc) is 2.43. The molecule has 5 nitrogen and oxygen atoms in total. The van der Waals surface area contributed by atoms with Crippen molar-refractivity contribution in [1.82, 2.24) is 15.0 Å². The van der Waals surface area contributed by atoms with E-state index < -0.39 is 0 Å². The first-order valence-electron chi connectivity index (χ1n) is 6.15. The molecule has 0 spiro atoms. The van der Waals surface area contributed by atoms with Gasteiger partial charge >= 0.3 is 6.01 Å². The highest BCUT2D eigenvalue weighted by atomic mass is 35.5. The first-order valence-corrected chi connectivity index (χ1v) is 6.91. The first kappa shape index (κ1) is 14.8. The minimum Gasteiger partial charge on any atom is -0.463 e. The number of halogens is 2. The summed E-state index contributed by atoms with van der Waals surface area (Å²) in [4.78, 5) is 12.7. The Morgan fingerprint density at radius 1 is 1.10 bits per heavy atom. The van der Waals surface area contributed by atoms with E-state index in [0.29, 0.717) is 34.0 Å². The van der Waals surface area contributed by atoms with Gasteiger partial charge in [-0.1, -0.05) is 30.1 Å². The number of anilines is 1. The van der Waals surface area contributed by atoms with Crippen molar-refractivity contribution < 1.29 is 4.74 Å². The summed E-state index contributed by atoms with van der Waals surface area (Å²) in [7, 11) is 1.73. The molecule has 0 aliphatic heterocycles. The van der Waals surface area contributed by atoms with Gasteiger partial charge in [0.05, 0.1) is 6.61 Å². The number of benzene rings is 1. The van der Waals surface area contributed by atoms with E-state index in [1.54, 1.807) is 25.2 Å². The van der Waals surface area contributed by atoms with Gasteiger partial charge in [0.1, 0.15) is 0 Å². The third kappa shape index (κ3) is 3.71. The number of aromatic nitrogens is 3. The lowest BCUT2D eigenvalue weighted by molar-refractivity contribution is 0.292. The Labute approximate surface area is 127 Å². The molecule has 1 heterocycles. The van der Waals surface area contributed by atoms with E-state index in [0.717, 1.165) is 6.42 Å². The summed E-state index contributed by atoms with van der Waals surface area (Å²) in [5, 5.41) is 3.92. The number of hydrogen-bond donors (Lipinski definition) is 1. The van der Waals surface area contributed by atoms with Crippen LogP contribution in [0.25, 0.3) is 11.4 Å². The lowest BCUT2D eigenvalue weighted by atomic mass is 10.2. The highest BCUT2D eigenvalue weighted by Crippen LogP contribution is 2.26. The van der Waals surface area contributed by atoms with Crippen molar-refractivity contribution in [2.45, 2.75) is 13.3 Å². The number of hydrogen-bond acceptors (Lipinski definition) is 5. The van der Waals surface area contributed by atoms with E-state index in [-0.39, 0.29) is 6.01 Å². The van der Waals surface area contributed by atoms with Crippen LogP contribution in [0.15, 0.2) is 18.2 Å². The molecule has 1 N–H and O–H groups in total. The largest absolute Gasteiger partial charge is 0.463 e. The standard InChI is InChI=1S/C13H14Cl2N4O/c1-3-4-20-13-18-11(17-12(16-2)19-13)8-5-9(14)7-10(15)6-8/h5-7H,3-4H2,1-2H3,(H,16,17,18,19). The van der Waals surface area contributed by atoms with E-state index >= 15 is 0 Å². The van der Waals surface area contributed by atoms with Crippen molar-refractivity contribution in [2.75, 3.05) is 19.0 Å². The molecule has 0 atom stereocenters. The summed E-state index contributed by atoms with van der Waals surface area (Å²) in [6.45, 7) is 2.56. The van der Waals surface area contributed by atoms with E-state index in [4.69, 9.17) is 27.9 Å². The smallest absolute Gasteiger partial charge is 0.321 e. The van der Waals surface area contributed by atoms with Gasteiger partial charge in [0.2, 0.25) is 5.95 Å². The fraction of sp³-hybridized carbons (Fsp3) is 0.308. The van der Waals surface area contributed by atoms with Crippen molar-refractivity contribution in [3.8, 4) is 17.4 Å². The minimum absolute atomic E-state index is 0.275. The number of rotatable bonds is 5. The summed E-state index contributed by atoms with van der Waals surface area (Å²) in [5.41, 5.74) is 0.711. The first-order chi connectivity index (χ1) is 9.62. The van der Waals surface area contributed by atoms with Crippen LogP contribution in [-0.2, 0) is 0 Å². The average molecular weight is 313 g/mol. The van der Waals surface area contributed by atoms with Crippen molar-refractivity contribution in [1.29, 1.82) is 0 Å². The van der Waals surface area contributed by atoms with Gasteiger partial charge < -0.3 is 10.1 Å². The van der Waals surface area contributed by atoms with Crippen LogP contribution in [0.2, 0.25) is 10.0 Å². The summed E-state index contributed by atoms with van der Waals surface area (Å²) >= 11 is 12.0. The van der Waals surface area contributed by atoms with Gasteiger partial charge in [0.25, 0.3) is 0 Å². The summed E-state index contributed by atoms with van der Waals surface area (Å²) in [5.74, 6) is 0.886. The normalized spacial score (nSPS) is 10.4. The fourth-order valence-corrected chi connectivity index (χ4v) is 2.06. The molecule has 0 bridgehead atoms. The number of nitrogens with zero attached hydrogens (tertiary/aromatic N) is 3. The van der Waals surface area contributed by atoms with Crippen LogP contribution in [0.5, 0.6) is 6.01 Å². The van der Waals surface area contributed by atoms with Gasteiger partial charge in [0, 0.05) is 22.7 Å². The Morgan fingerprint density at radius 2 is 1.80 bits per heavy atom.